The molecule has 1 aliphatic heterocycles. The predicted molar refractivity (Wildman–Crippen MR) is 90.9 cm³/mol. The zero-order chi connectivity index (χ0) is 15.6. The highest BCUT2D eigenvalue weighted by molar-refractivity contribution is 5.52. The van der Waals surface area contributed by atoms with Crippen LogP contribution in [0.5, 0.6) is 0 Å². The minimum Gasteiger partial charge on any atom is -0.356 e. The lowest BCUT2D eigenvalue weighted by Crippen LogP contribution is -2.28. The van der Waals surface area contributed by atoms with Gasteiger partial charge >= 0.3 is 0 Å². The van der Waals surface area contributed by atoms with Gasteiger partial charge in [0.2, 0.25) is 0 Å². The molecule has 0 amide bonds. The molecule has 2 heterocycles. The first kappa shape index (κ1) is 16.3. The number of aryl methyl sites for hydroxylation is 2. The average Bonchev–Trinajstić information content (AvgIpc) is 2.86. The summed E-state index contributed by atoms with van der Waals surface area (Å²) in [4.78, 5) is 7.37. The van der Waals surface area contributed by atoms with Gasteiger partial charge in [-0.3, -0.25) is 0 Å². The fourth-order valence-electron chi connectivity index (χ4n) is 3.23. The zero-order valence-electron chi connectivity index (χ0n) is 14.6. The van der Waals surface area contributed by atoms with Crippen molar-refractivity contribution in [1.29, 1.82) is 0 Å². The maximum Gasteiger partial charge on any atom is 0.133 e. The van der Waals surface area contributed by atoms with E-state index in [1.165, 1.54) is 23.4 Å². The fourth-order valence-corrected chi connectivity index (χ4v) is 3.23. The monoisotopic (exact) mass is 289 g/mol. The van der Waals surface area contributed by atoms with E-state index >= 15 is 0 Å². The van der Waals surface area contributed by atoms with Gasteiger partial charge in [0.25, 0.3) is 0 Å². The third kappa shape index (κ3) is 3.76. The minimum atomic E-state index is 0.384. The summed E-state index contributed by atoms with van der Waals surface area (Å²) in [6.45, 7) is 17.7. The minimum absolute atomic E-state index is 0.384. The van der Waals surface area contributed by atoms with E-state index in [0.29, 0.717) is 5.41 Å². The van der Waals surface area contributed by atoms with Crippen LogP contribution in [0.2, 0.25) is 0 Å². The van der Waals surface area contributed by atoms with Crippen molar-refractivity contribution in [3.8, 4) is 0 Å². The molecule has 0 saturated carbocycles. The van der Waals surface area contributed by atoms with Crippen LogP contribution >= 0.6 is 0 Å². The number of nitrogens with one attached hydrogen (secondary N) is 1. The van der Waals surface area contributed by atoms with Crippen LogP contribution in [-0.4, -0.2) is 24.6 Å². The maximum absolute atomic E-state index is 4.87. The second kappa shape index (κ2) is 6.35. The van der Waals surface area contributed by atoms with Crippen LogP contribution in [0, 0.1) is 25.2 Å². The number of pyridine rings is 1. The fraction of sp³-hybridized carbons (Fsp3) is 0.722. The lowest BCUT2D eigenvalue weighted by molar-refractivity contribution is 0.263. The first-order valence-corrected chi connectivity index (χ1v) is 8.25. The Morgan fingerprint density at radius 3 is 2.62 bits per heavy atom. The number of hydrogen-bond acceptors (Lipinski definition) is 3. The van der Waals surface area contributed by atoms with Crippen LogP contribution in [-0.2, 0) is 6.54 Å². The number of hydrogen-bond donors (Lipinski definition) is 1. The molecule has 0 radical (unpaired) electrons. The van der Waals surface area contributed by atoms with Crippen molar-refractivity contribution < 1.29 is 0 Å². The van der Waals surface area contributed by atoms with E-state index in [0.717, 1.165) is 37.8 Å². The van der Waals surface area contributed by atoms with E-state index in [4.69, 9.17) is 4.98 Å². The van der Waals surface area contributed by atoms with Crippen molar-refractivity contribution >= 4 is 5.82 Å². The molecule has 1 saturated heterocycles. The normalized spacial score (nSPS) is 19.3. The van der Waals surface area contributed by atoms with Gasteiger partial charge in [-0.25, -0.2) is 4.98 Å². The van der Waals surface area contributed by atoms with Crippen LogP contribution in [0.3, 0.4) is 0 Å². The van der Waals surface area contributed by atoms with Gasteiger partial charge in [-0.05, 0) is 49.8 Å². The van der Waals surface area contributed by atoms with E-state index in [2.05, 4.69) is 57.8 Å². The van der Waals surface area contributed by atoms with Crippen LogP contribution in [0.25, 0.3) is 0 Å². The molecule has 3 nitrogen and oxygen atoms in total. The molecular weight excluding hydrogens is 258 g/mol. The molecule has 1 aromatic rings. The van der Waals surface area contributed by atoms with Gasteiger partial charge in [-0.1, -0.05) is 27.7 Å². The summed E-state index contributed by atoms with van der Waals surface area (Å²) in [6, 6.07) is 2.20. The second-order valence-corrected chi connectivity index (χ2v) is 7.46. The van der Waals surface area contributed by atoms with E-state index in [1.54, 1.807) is 0 Å². The molecule has 0 spiro atoms. The molecule has 2 rings (SSSR count). The summed E-state index contributed by atoms with van der Waals surface area (Å²) in [5, 5.41) is 3.46. The van der Waals surface area contributed by atoms with Gasteiger partial charge in [0.1, 0.15) is 5.82 Å². The Labute approximate surface area is 130 Å². The Morgan fingerprint density at radius 2 is 2.05 bits per heavy atom. The van der Waals surface area contributed by atoms with Crippen LogP contribution < -0.4 is 10.2 Å². The number of rotatable bonds is 4. The highest BCUT2D eigenvalue weighted by Crippen LogP contribution is 2.36. The van der Waals surface area contributed by atoms with Crippen molar-refractivity contribution in [2.24, 2.45) is 11.3 Å². The molecule has 118 valence electrons. The lowest BCUT2D eigenvalue weighted by atomic mass is 9.80. The van der Waals surface area contributed by atoms with Gasteiger partial charge in [0.15, 0.2) is 0 Å². The maximum atomic E-state index is 4.87. The van der Waals surface area contributed by atoms with E-state index in [9.17, 15) is 0 Å². The Balaban J connectivity index is 2.27. The Hall–Kier alpha value is -1.09. The van der Waals surface area contributed by atoms with Crippen molar-refractivity contribution in [3.63, 3.8) is 0 Å². The topological polar surface area (TPSA) is 28.2 Å². The number of anilines is 1. The number of aromatic nitrogens is 1. The molecule has 0 aromatic carbocycles. The number of nitrogens with zero attached hydrogens (tertiary/aromatic N) is 2. The summed E-state index contributed by atoms with van der Waals surface area (Å²) < 4.78 is 0. The summed E-state index contributed by atoms with van der Waals surface area (Å²) in [5.74, 6) is 1.97. The van der Waals surface area contributed by atoms with Gasteiger partial charge < -0.3 is 10.2 Å². The summed E-state index contributed by atoms with van der Waals surface area (Å²) in [5.41, 5.74) is 4.24. The van der Waals surface area contributed by atoms with Crippen molar-refractivity contribution in [2.75, 3.05) is 24.5 Å². The second-order valence-electron chi connectivity index (χ2n) is 7.46. The van der Waals surface area contributed by atoms with Crippen molar-refractivity contribution in [2.45, 2.75) is 54.5 Å². The summed E-state index contributed by atoms with van der Waals surface area (Å²) >= 11 is 0. The standard InChI is InChI=1S/C18H31N3/c1-7-19-11-16-13(2)10-14(3)20-17(16)21-9-8-15(12-21)18(4,5)6/h10,15,19H,7-9,11-12H2,1-6H3. The molecule has 1 aliphatic rings. The average molecular weight is 289 g/mol. The van der Waals surface area contributed by atoms with E-state index in [-0.39, 0.29) is 0 Å². The highest BCUT2D eigenvalue weighted by atomic mass is 15.2. The SMILES string of the molecule is CCNCc1c(C)cc(C)nc1N1CCC(C(C)(C)C)C1. The molecule has 3 heteroatoms. The van der Waals surface area contributed by atoms with Crippen LogP contribution in [0.4, 0.5) is 5.82 Å². The summed E-state index contributed by atoms with van der Waals surface area (Å²) in [7, 11) is 0. The smallest absolute Gasteiger partial charge is 0.133 e. The van der Waals surface area contributed by atoms with Crippen molar-refractivity contribution in [3.05, 3.63) is 22.9 Å². The molecule has 1 fully saturated rings. The molecule has 0 bridgehead atoms. The largest absolute Gasteiger partial charge is 0.356 e. The quantitative estimate of drug-likeness (QED) is 0.916. The van der Waals surface area contributed by atoms with Gasteiger partial charge in [0.05, 0.1) is 0 Å². The van der Waals surface area contributed by atoms with Crippen molar-refractivity contribution in [1.82, 2.24) is 10.3 Å². The molecule has 21 heavy (non-hydrogen) atoms. The molecular formula is C18H31N3. The molecule has 1 aromatic heterocycles. The predicted octanol–water partition coefficient (Wildman–Crippen LogP) is 3.68. The molecule has 0 aliphatic carbocycles. The highest BCUT2D eigenvalue weighted by Gasteiger charge is 2.33. The van der Waals surface area contributed by atoms with E-state index in [1.807, 2.05) is 0 Å². The first-order chi connectivity index (χ1) is 9.82. The van der Waals surface area contributed by atoms with Crippen LogP contribution in [0.15, 0.2) is 6.07 Å². The Bertz CT molecular complexity index is 488. The van der Waals surface area contributed by atoms with Crippen LogP contribution in [0.1, 0.15) is 50.9 Å². The molecule has 1 unspecified atom stereocenters. The van der Waals surface area contributed by atoms with E-state index < -0.39 is 0 Å². The van der Waals surface area contributed by atoms with Gasteiger partial charge in [-0.2, -0.15) is 0 Å². The molecule has 1 atom stereocenters. The molecule has 1 N–H and O–H groups in total. The first-order valence-electron chi connectivity index (χ1n) is 8.25. The summed E-state index contributed by atoms with van der Waals surface area (Å²) in [6.07, 6.45) is 1.28. The zero-order valence-corrected chi connectivity index (χ0v) is 14.6. The lowest BCUT2D eigenvalue weighted by Gasteiger charge is -2.28. The Morgan fingerprint density at radius 1 is 1.33 bits per heavy atom. The Kier molecular flexibility index (Phi) is 4.92. The van der Waals surface area contributed by atoms with Gasteiger partial charge in [-0.15, -0.1) is 0 Å². The third-order valence-corrected chi connectivity index (χ3v) is 4.72. The van der Waals surface area contributed by atoms with Gasteiger partial charge in [0, 0.05) is 30.9 Å². The third-order valence-electron chi connectivity index (χ3n) is 4.72.